The number of aromatic nitrogens is 1. The summed E-state index contributed by atoms with van der Waals surface area (Å²) in [6.07, 6.45) is -1.24. The molecule has 9 nitrogen and oxygen atoms in total. The molecule has 1 aromatic carbocycles. The molecule has 0 bridgehead atoms. The summed E-state index contributed by atoms with van der Waals surface area (Å²) in [4.78, 5) is 41.4. The number of nitriles is 1. The Balaban J connectivity index is 3.00. The van der Waals surface area contributed by atoms with Crippen molar-refractivity contribution in [1.29, 1.82) is 5.26 Å². The van der Waals surface area contributed by atoms with Gasteiger partial charge in [0.25, 0.3) is 0 Å². The Bertz CT molecular complexity index is 1160. The fourth-order valence-corrected chi connectivity index (χ4v) is 3.76. The maximum atomic E-state index is 13.4. The molecule has 2 amide bonds. The summed E-state index contributed by atoms with van der Waals surface area (Å²) in [5, 5.41) is 10.6. The van der Waals surface area contributed by atoms with Gasteiger partial charge in [0.15, 0.2) is 5.82 Å². The number of thioether (sulfide) groups is 1. The second-order valence-electron chi connectivity index (χ2n) is 10.8. The van der Waals surface area contributed by atoms with E-state index < -0.39 is 35.1 Å². The number of imide groups is 1. The van der Waals surface area contributed by atoms with Crippen LogP contribution < -0.4 is 4.90 Å². The number of rotatable bonds is 2. The summed E-state index contributed by atoms with van der Waals surface area (Å²) in [6.45, 7) is 14.9. The van der Waals surface area contributed by atoms with Crippen LogP contribution in [0.4, 0.5) is 20.2 Å². The molecule has 1 aromatic heterocycles. The molecular weight excluding hydrogens is 470 g/mol. The van der Waals surface area contributed by atoms with Crippen LogP contribution in [0.15, 0.2) is 23.1 Å². The third-order valence-corrected chi connectivity index (χ3v) is 4.98. The topological polar surface area (TPSA) is 111 Å². The SMILES string of the molecule is CSc1cccc2c1c(C#N)c(N(C(=O)OC(C)(C)C)C(=O)OC(C)(C)C)n2C(=O)OC(C)(C)C. The monoisotopic (exact) mass is 503 g/mol. The second kappa shape index (κ2) is 9.82. The molecule has 35 heavy (non-hydrogen) atoms. The maximum Gasteiger partial charge on any atom is 0.425 e. The van der Waals surface area contributed by atoms with Gasteiger partial charge in [-0.05, 0) is 80.7 Å². The van der Waals surface area contributed by atoms with Crippen molar-refractivity contribution < 1.29 is 28.6 Å². The molecule has 0 N–H and O–H groups in total. The van der Waals surface area contributed by atoms with Gasteiger partial charge in [0.1, 0.15) is 28.4 Å². The smallest absolute Gasteiger partial charge is 0.425 e. The number of carbonyl (C=O) groups is 3. The third kappa shape index (κ3) is 6.69. The van der Waals surface area contributed by atoms with Crippen molar-refractivity contribution in [1.82, 2.24) is 4.57 Å². The first-order valence-corrected chi connectivity index (χ1v) is 12.2. The van der Waals surface area contributed by atoms with Crippen LogP contribution in [0.25, 0.3) is 10.9 Å². The molecule has 1 heterocycles. The van der Waals surface area contributed by atoms with Gasteiger partial charge in [-0.3, -0.25) is 0 Å². The average molecular weight is 504 g/mol. The molecule has 0 saturated carbocycles. The lowest BCUT2D eigenvalue weighted by atomic mass is 10.1. The lowest BCUT2D eigenvalue weighted by Gasteiger charge is -2.29. The van der Waals surface area contributed by atoms with Gasteiger partial charge >= 0.3 is 18.3 Å². The Morgan fingerprint density at radius 3 is 1.77 bits per heavy atom. The highest BCUT2D eigenvalue weighted by Gasteiger charge is 2.40. The highest BCUT2D eigenvalue weighted by molar-refractivity contribution is 7.98. The minimum absolute atomic E-state index is 0.0625. The lowest BCUT2D eigenvalue weighted by Crippen LogP contribution is -2.45. The van der Waals surface area contributed by atoms with E-state index in [1.807, 2.05) is 6.26 Å². The highest BCUT2D eigenvalue weighted by Crippen LogP contribution is 2.39. The van der Waals surface area contributed by atoms with E-state index in [4.69, 9.17) is 14.2 Å². The average Bonchev–Trinajstić information content (AvgIpc) is 2.97. The zero-order valence-electron chi connectivity index (χ0n) is 21.9. The van der Waals surface area contributed by atoms with Gasteiger partial charge in [0.05, 0.1) is 5.52 Å². The highest BCUT2D eigenvalue weighted by atomic mass is 32.2. The van der Waals surface area contributed by atoms with Crippen LogP contribution in [0, 0.1) is 11.3 Å². The molecule has 2 rings (SSSR count). The number of ether oxygens (including phenoxy) is 3. The van der Waals surface area contributed by atoms with Crippen molar-refractivity contribution in [2.45, 2.75) is 84.0 Å². The minimum Gasteiger partial charge on any atom is -0.443 e. The number of carbonyl (C=O) groups excluding carboxylic acids is 3. The molecular formula is C25H33N3O6S. The Labute approximate surface area is 210 Å². The molecule has 0 aliphatic rings. The normalized spacial score (nSPS) is 12.1. The van der Waals surface area contributed by atoms with E-state index in [9.17, 15) is 19.6 Å². The Hall–Kier alpha value is -3.19. The van der Waals surface area contributed by atoms with Crippen molar-refractivity contribution in [3.05, 3.63) is 23.8 Å². The molecule has 0 unspecified atom stereocenters. The number of fused-ring (bicyclic) bond motifs is 1. The zero-order valence-corrected chi connectivity index (χ0v) is 22.7. The number of hydrogen-bond acceptors (Lipinski definition) is 8. The van der Waals surface area contributed by atoms with Crippen molar-refractivity contribution in [2.75, 3.05) is 11.2 Å². The summed E-state index contributed by atoms with van der Waals surface area (Å²) in [7, 11) is 0. The van der Waals surface area contributed by atoms with Crippen molar-refractivity contribution in [3.8, 4) is 6.07 Å². The van der Waals surface area contributed by atoms with Crippen LogP contribution in [0.2, 0.25) is 0 Å². The van der Waals surface area contributed by atoms with Crippen molar-refractivity contribution in [3.63, 3.8) is 0 Å². The minimum atomic E-state index is -1.10. The predicted octanol–water partition coefficient (Wildman–Crippen LogP) is 6.69. The molecule has 0 radical (unpaired) electrons. The van der Waals surface area contributed by atoms with E-state index in [1.54, 1.807) is 80.5 Å². The van der Waals surface area contributed by atoms with Crippen LogP contribution in [0.3, 0.4) is 0 Å². The largest absolute Gasteiger partial charge is 0.443 e. The number of hydrogen-bond donors (Lipinski definition) is 0. The first-order valence-electron chi connectivity index (χ1n) is 11.0. The quantitative estimate of drug-likeness (QED) is 0.329. The molecule has 0 aliphatic carbocycles. The summed E-state index contributed by atoms with van der Waals surface area (Å²) in [5.41, 5.74) is -2.60. The van der Waals surface area contributed by atoms with Crippen LogP contribution in [0.5, 0.6) is 0 Å². The van der Waals surface area contributed by atoms with E-state index in [1.165, 1.54) is 11.8 Å². The summed E-state index contributed by atoms with van der Waals surface area (Å²) in [6, 6.07) is 7.18. The van der Waals surface area contributed by atoms with Crippen molar-refractivity contribution >= 4 is 46.8 Å². The van der Waals surface area contributed by atoms with Crippen LogP contribution >= 0.6 is 11.8 Å². The van der Waals surface area contributed by atoms with Gasteiger partial charge in [-0.25, -0.2) is 19.0 Å². The van der Waals surface area contributed by atoms with E-state index in [0.29, 0.717) is 20.7 Å². The third-order valence-electron chi connectivity index (χ3n) is 4.20. The zero-order chi connectivity index (χ0) is 26.9. The molecule has 0 atom stereocenters. The fraction of sp³-hybridized carbons (Fsp3) is 0.520. The van der Waals surface area contributed by atoms with Crippen LogP contribution in [0.1, 0.15) is 67.9 Å². The van der Waals surface area contributed by atoms with E-state index in [-0.39, 0.29) is 11.4 Å². The Kier molecular flexibility index (Phi) is 7.87. The van der Waals surface area contributed by atoms with Crippen LogP contribution in [-0.4, -0.2) is 45.9 Å². The van der Waals surface area contributed by atoms with E-state index >= 15 is 0 Å². The standard InChI is InChI=1S/C25H33N3O6S/c1-23(2,3)32-20(29)27-16-12-11-13-17(35-10)18(16)15(14-26)19(27)28(21(30)33-24(4,5)6)22(31)34-25(7,8)9/h11-13H,1-10H3. The number of nitrogens with zero attached hydrogens (tertiary/aromatic N) is 3. The predicted molar refractivity (Wildman–Crippen MR) is 135 cm³/mol. The fourth-order valence-electron chi connectivity index (χ4n) is 3.14. The summed E-state index contributed by atoms with van der Waals surface area (Å²) >= 11 is 1.36. The second-order valence-corrected chi connectivity index (χ2v) is 11.6. The first kappa shape index (κ1) is 28.1. The van der Waals surface area contributed by atoms with Gasteiger partial charge in [-0.15, -0.1) is 11.8 Å². The van der Waals surface area contributed by atoms with Crippen molar-refractivity contribution in [2.24, 2.45) is 0 Å². The number of anilines is 1. The molecule has 0 spiro atoms. The van der Waals surface area contributed by atoms with Gasteiger partial charge in [0.2, 0.25) is 0 Å². The van der Waals surface area contributed by atoms with Gasteiger partial charge < -0.3 is 14.2 Å². The Morgan fingerprint density at radius 1 is 0.886 bits per heavy atom. The van der Waals surface area contributed by atoms with Crippen LogP contribution in [-0.2, 0) is 14.2 Å². The summed E-state index contributed by atoms with van der Waals surface area (Å²) < 4.78 is 17.6. The molecule has 10 heteroatoms. The molecule has 0 saturated heterocycles. The van der Waals surface area contributed by atoms with Gasteiger partial charge in [-0.1, -0.05) is 6.07 Å². The lowest BCUT2D eigenvalue weighted by molar-refractivity contribution is 0.0426. The van der Waals surface area contributed by atoms with Gasteiger partial charge in [-0.2, -0.15) is 10.2 Å². The number of amides is 2. The Morgan fingerprint density at radius 2 is 1.37 bits per heavy atom. The maximum absolute atomic E-state index is 13.4. The van der Waals surface area contributed by atoms with Gasteiger partial charge in [0, 0.05) is 10.3 Å². The summed E-state index contributed by atoms with van der Waals surface area (Å²) in [5.74, 6) is -0.304. The first-order chi connectivity index (χ1) is 15.9. The molecule has 190 valence electrons. The molecule has 0 fully saturated rings. The number of benzene rings is 1. The molecule has 2 aromatic rings. The van der Waals surface area contributed by atoms with E-state index in [0.717, 1.165) is 4.57 Å². The molecule has 0 aliphatic heterocycles. The van der Waals surface area contributed by atoms with E-state index in [2.05, 4.69) is 6.07 Å².